The monoisotopic (exact) mass is 395 g/mol. The summed E-state index contributed by atoms with van der Waals surface area (Å²) < 4.78 is 17.8. The SMILES string of the molecule is Cc1ccc(C(=O)COC(=O)[C@H](C)SCC(=O)Nc2ccc(F)cc2)s1. The topological polar surface area (TPSA) is 72.5 Å². The van der Waals surface area contributed by atoms with Crippen molar-refractivity contribution in [2.24, 2.45) is 0 Å². The quantitative estimate of drug-likeness (QED) is 0.545. The van der Waals surface area contributed by atoms with Crippen LogP contribution in [0, 0.1) is 12.7 Å². The largest absolute Gasteiger partial charge is 0.456 e. The summed E-state index contributed by atoms with van der Waals surface area (Å²) in [5, 5.41) is 2.02. The fourth-order valence-electron chi connectivity index (χ4n) is 1.91. The molecule has 0 fully saturated rings. The van der Waals surface area contributed by atoms with Crippen LogP contribution in [0.15, 0.2) is 36.4 Å². The highest BCUT2D eigenvalue weighted by Gasteiger charge is 2.19. The van der Waals surface area contributed by atoms with Crippen molar-refractivity contribution in [3.05, 3.63) is 52.0 Å². The Balaban J connectivity index is 1.71. The first-order valence-corrected chi connectivity index (χ1v) is 9.65. The molecule has 0 spiro atoms. The number of carbonyl (C=O) groups is 3. The Morgan fingerprint density at radius 3 is 2.50 bits per heavy atom. The molecule has 8 heteroatoms. The van der Waals surface area contributed by atoms with Gasteiger partial charge in [-0.2, -0.15) is 0 Å². The zero-order valence-electron chi connectivity index (χ0n) is 14.3. The van der Waals surface area contributed by atoms with Gasteiger partial charge in [-0.05, 0) is 50.2 Å². The van der Waals surface area contributed by atoms with Gasteiger partial charge in [-0.3, -0.25) is 14.4 Å². The van der Waals surface area contributed by atoms with Crippen LogP contribution in [0.5, 0.6) is 0 Å². The van der Waals surface area contributed by atoms with E-state index in [1.54, 1.807) is 13.0 Å². The van der Waals surface area contributed by atoms with Crippen molar-refractivity contribution in [2.45, 2.75) is 19.1 Å². The number of benzene rings is 1. The lowest BCUT2D eigenvalue weighted by molar-refractivity contribution is -0.141. The predicted molar refractivity (Wildman–Crippen MR) is 101 cm³/mol. The predicted octanol–water partition coefficient (Wildman–Crippen LogP) is 3.68. The molecule has 1 aromatic heterocycles. The van der Waals surface area contributed by atoms with Crippen molar-refractivity contribution in [3.63, 3.8) is 0 Å². The number of Topliss-reactive ketones (excluding diaryl/α,β-unsaturated/α-hetero) is 1. The van der Waals surface area contributed by atoms with E-state index in [-0.39, 0.29) is 29.9 Å². The second-order valence-corrected chi connectivity index (χ2v) is 8.07. The molecule has 0 aliphatic rings. The zero-order valence-corrected chi connectivity index (χ0v) is 15.9. The number of ether oxygens (including phenoxy) is 1. The van der Waals surface area contributed by atoms with E-state index in [2.05, 4.69) is 5.32 Å². The molecule has 5 nitrogen and oxygen atoms in total. The van der Waals surface area contributed by atoms with Crippen LogP contribution in [-0.2, 0) is 14.3 Å². The van der Waals surface area contributed by atoms with Crippen LogP contribution >= 0.6 is 23.1 Å². The van der Waals surface area contributed by atoms with Crippen LogP contribution < -0.4 is 5.32 Å². The minimum atomic E-state index is -0.591. The van der Waals surface area contributed by atoms with Gasteiger partial charge >= 0.3 is 5.97 Å². The number of rotatable bonds is 8. The Kier molecular flexibility index (Phi) is 7.35. The van der Waals surface area contributed by atoms with Crippen molar-refractivity contribution in [1.82, 2.24) is 0 Å². The molecule has 2 aromatic rings. The molecule has 0 unspecified atom stereocenters. The molecule has 0 saturated heterocycles. The van der Waals surface area contributed by atoms with E-state index in [0.717, 1.165) is 16.6 Å². The molecule has 0 radical (unpaired) electrons. The number of carbonyl (C=O) groups excluding carboxylic acids is 3. The van der Waals surface area contributed by atoms with Gasteiger partial charge < -0.3 is 10.1 Å². The Bertz CT molecular complexity index is 789. The second kappa shape index (κ2) is 9.49. The lowest BCUT2D eigenvalue weighted by Crippen LogP contribution is -2.23. The Morgan fingerprint density at radius 2 is 1.88 bits per heavy atom. The fourth-order valence-corrected chi connectivity index (χ4v) is 3.38. The van der Waals surface area contributed by atoms with Crippen LogP contribution in [0.2, 0.25) is 0 Å². The maximum atomic E-state index is 12.8. The van der Waals surface area contributed by atoms with Gasteiger partial charge in [0.25, 0.3) is 0 Å². The van der Waals surface area contributed by atoms with Crippen molar-refractivity contribution >= 4 is 46.4 Å². The summed E-state index contributed by atoms with van der Waals surface area (Å²) in [6.45, 7) is 3.19. The molecule has 138 valence electrons. The minimum Gasteiger partial charge on any atom is -0.456 e. The highest BCUT2D eigenvalue weighted by atomic mass is 32.2. The standard InChI is InChI=1S/C18H18FNO4S2/c1-11-3-8-16(26-11)15(21)9-24-18(23)12(2)25-10-17(22)20-14-6-4-13(19)5-7-14/h3-8,12H,9-10H2,1-2H3,(H,20,22)/t12-/m0/s1. The van der Waals surface area contributed by atoms with Crippen molar-refractivity contribution in [3.8, 4) is 0 Å². The molecule has 0 aliphatic carbocycles. The first-order valence-electron chi connectivity index (χ1n) is 7.78. The third-order valence-electron chi connectivity index (χ3n) is 3.29. The number of ketones is 1. The number of nitrogens with one attached hydrogen (secondary N) is 1. The van der Waals surface area contributed by atoms with E-state index in [0.29, 0.717) is 10.6 Å². The first-order chi connectivity index (χ1) is 12.3. The van der Waals surface area contributed by atoms with Crippen LogP contribution in [0.25, 0.3) is 0 Å². The molecule has 1 N–H and O–H groups in total. The minimum absolute atomic E-state index is 0.0334. The Labute approximate surface area is 158 Å². The number of esters is 1. The second-order valence-electron chi connectivity index (χ2n) is 5.45. The molecule has 1 amide bonds. The number of hydrogen-bond acceptors (Lipinski definition) is 6. The van der Waals surface area contributed by atoms with Gasteiger partial charge in [0.05, 0.1) is 10.6 Å². The van der Waals surface area contributed by atoms with Gasteiger partial charge in [0.2, 0.25) is 11.7 Å². The molecular formula is C18H18FNO4S2. The van der Waals surface area contributed by atoms with E-state index >= 15 is 0 Å². The number of hydrogen-bond donors (Lipinski definition) is 1. The van der Waals surface area contributed by atoms with Crippen LogP contribution in [-0.4, -0.2) is 35.3 Å². The third-order valence-corrected chi connectivity index (χ3v) is 5.45. The number of thiophene rings is 1. The summed E-state index contributed by atoms with van der Waals surface area (Å²) in [6.07, 6.45) is 0. The number of anilines is 1. The number of thioether (sulfide) groups is 1. The number of halogens is 1. The van der Waals surface area contributed by atoms with Crippen LogP contribution in [0.4, 0.5) is 10.1 Å². The summed E-state index contributed by atoms with van der Waals surface area (Å²) in [7, 11) is 0. The highest BCUT2D eigenvalue weighted by molar-refractivity contribution is 8.01. The van der Waals surface area contributed by atoms with Crippen molar-refractivity contribution in [1.29, 1.82) is 0 Å². The summed E-state index contributed by atoms with van der Waals surface area (Å²) in [6, 6.07) is 8.93. The zero-order chi connectivity index (χ0) is 19.1. The van der Waals surface area contributed by atoms with E-state index < -0.39 is 11.2 Å². The Morgan fingerprint density at radius 1 is 1.19 bits per heavy atom. The summed E-state index contributed by atoms with van der Waals surface area (Å²) in [5.41, 5.74) is 0.476. The van der Waals surface area contributed by atoms with Gasteiger partial charge in [-0.15, -0.1) is 23.1 Å². The van der Waals surface area contributed by atoms with E-state index in [1.165, 1.54) is 35.6 Å². The molecule has 26 heavy (non-hydrogen) atoms. The number of amides is 1. The fraction of sp³-hybridized carbons (Fsp3) is 0.278. The molecule has 1 aromatic carbocycles. The first kappa shape index (κ1) is 20.1. The molecule has 1 heterocycles. The molecular weight excluding hydrogens is 377 g/mol. The van der Waals surface area contributed by atoms with Crippen LogP contribution in [0.3, 0.4) is 0 Å². The highest BCUT2D eigenvalue weighted by Crippen LogP contribution is 2.17. The van der Waals surface area contributed by atoms with E-state index in [4.69, 9.17) is 4.74 Å². The van der Waals surface area contributed by atoms with Crippen molar-refractivity contribution < 1.29 is 23.5 Å². The Hall–Kier alpha value is -2.19. The van der Waals surface area contributed by atoms with Gasteiger partial charge in [0.15, 0.2) is 6.61 Å². The third kappa shape index (κ3) is 6.27. The molecule has 2 rings (SSSR count). The maximum absolute atomic E-state index is 12.8. The summed E-state index contributed by atoms with van der Waals surface area (Å²) in [4.78, 5) is 37.2. The van der Waals surface area contributed by atoms with E-state index in [1.807, 2.05) is 13.0 Å². The van der Waals surface area contributed by atoms with Crippen LogP contribution in [0.1, 0.15) is 21.5 Å². The summed E-state index contributed by atoms with van der Waals surface area (Å²) >= 11 is 2.45. The molecule has 0 bridgehead atoms. The van der Waals surface area contributed by atoms with Gasteiger partial charge in [0.1, 0.15) is 11.1 Å². The average molecular weight is 395 g/mol. The molecule has 0 aliphatic heterocycles. The van der Waals surface area contributed by atoms with E-state index in [9.17, 15) is 18.8 Å². The lowest BCUT2D eigenvalue weighted by Gasteiger charge is -2.11. The normalized spacial score (nSPS) is 11.7. The molecule has 1 atom stereocenters. The molecule has 0 saturated carbocycles. The number of aryl methyl sites for hydroxylation is 1. The lowest BCUT2D eigenvalue weighted by atomic mass is 10.3. The average Bonchev–Trinajstić information content (AvgIpc) is 3.05. The van der Waals surface area contributed by atoms with Gasteiger partial charge in [-0.1, -0.05) is 0 Å². The maximum Gasteiger partial charge on any atom is 0.319 e. The summed E-state index contributed by atoms with van der Waals surface area (Å²) in [5.74, 6) is -1.47. The van der Waals surface area contributed by atoms with Gasteiger partial charge in [-0.25, -0.2) is 4.39 Å². The van der Waals surface area contributed by atoms with Crippen molar-refractivity contribution in [2.75, 3.05) is 17.7 Å². The smallest absolute Gasteiger partial charge is 0.319 e. The van der Waals surface area contributed by atoms with Gasteiger partial charge in [0, 0.05) is 10.6 Å².